The van der Waals surface area contributed by atoms with Crippen LogP contribution in [0.4, 0.5) is 0 Å². The van der Waals surface area contributed by atoms with E-state index in [-0.39, 0.29) is 29.7 Å². The molecule has 11 heteroatoms. The number of hydrogen-bond acceptors (Lipinski definition) is 10. The molecule has 0 heterocycles. The van der Waals surface area contributed by atoms with Gasteiger partial charge in [0, 0.05) is 17.1 Å². The van der Waals surface area contributed by atoms with Crippen molar-refractivity contribution in [2.45, 2.75) is 38.3 Å². The lowest BCUT2D eigenvalue weighted by Crippen LogP contribution is -2.63. The number of Topliss-reactive ketones (excluding diaryl/α,β-unsaturated/α-hetero) is 2. The number of phenolic OH excluding ortho intramolecular Hbond substituents is 1. The van der Waals surface area contributed by atoms with E-state index in [0.717, 1.165) is 0 Å². The molecular formula is C25H29N3O8. The predicted octanol–water partition coefficient (Wildman–Crippen LogP) is 0.881. The van der Waals surface area contributed by atoms with E-state index in [1.165, 1.54) is 11.0 Å². The molecule has 6 N–H and O–H groups in total. The maximum atomic E-state index is 13.7. The lowest BCUT2D eigenvalue weighted by atomic mass is 9.58. The summed E-state index contributed by atoms with van der Waals surface area (Å²) in [5, 5.41) is 48.3. The normalized spacial score (nSPS) is 28.2. The first-order valence-electron chi connectivity index (χ1n) is 11.5. The van der Waals surface area contributed by atoms with E-state index < -0.39 is 58.0 Å². The van der Waals surface area contributed by atoms with Gasteiger partial charge in [0.15, 0.2) is 11.4 Å². The lowest BCUT2D eigenvalue weighted by molar-refractivity contribution is -0.148. The van der Waals surface area contributed by atoms with Crippen LogP contribution in [0.25, 0.3) is 0 Å². The van der Waals surface area contributed by atoms with Crippen molar-refractivity contribution in [1.29, 1.82) is 0 Å². The summed E-state index contributed by atoms with van der Waals surface area (Å²) in [6.45, 7) is 3.81. The average Bonchev–Trinajstić information content (AvgIpc) is 2.79. The smallest absolute Gasteiger partial charge is 0.255 e. The second-order valence-electron chi connectivity index (χ2n) is 9.54. The molecule has 4 atom stereocenters. The number of carbonyl (C=O) groups excluding carboxylic acids is 3. The Bertz CT molecular complexity index is 1280. The van der Waals surface area contributed by atoms with Crippen LogP contribution < -0.4 is 5.73 Å². The van der Waals surface area contributed by atoms with Crippen LogP contribution in [0.2, 0.25) is 0 Å². The van der Waals surface area contributed by atoms with E-state index in [0.29, 0.717) is 23.4 Å². The summed E-state index contributed by atoms with van der Waals surface area (Å²) in [6.07, 6.45) is 0.194. The number of ketones is 2. The number of benzene rings is 1. The Balaban J connectivity index is 1.94. The third-order valence-electron chi connectivity index (χ3n) is 7.33. The van der Waals surface area contributed by atoms with Crippen LogP contribution in [0.3, 0.4) is 0 Å². The highest BCUT2D eigenvalue weighted by atomic mass is 16.6. The monoisotopic (exact) mass is 499 g/mol. The highest BCUT2D eigenvalue weighted by Gasteiger charge is 2.63. The SMILES string of the molecule is CCO/N=C(\C)c1ccc(O)c2c1CC1CC3C(N(C)C)C(O)=C(C(N)=O)C(=O)C3(O)C(O)=C1C2=O. The van der Waals surface area contributed by atoms with Crippen LogP contribution in [0.1, 0.15) is 41.8 Å². The maximum absolute atomic E-state index is 13.7. The van der Waals surface area contributed by atoms with Gasteiger partial charge in [0.25, 0.3) is 5.91 Å². The summed E-state index contributed by atoms with van der Waals surface area (Å²) < 4.78 is 0. The van der Waals surface area contributed by atoms with E-state index in [4.69, 9.17) is 10.6 Å². The van der Waals surface area contributed by atoms with Gasteiger partial charge in [0.1, 0.15) is 29.4 Å². The summed E-state index contributed by atoms with van der Waals surface area (Å²) in [5.41, 5.74) is 3.11. The molecule has 3 aliphatic rings. The fraction of sp³-hybridized carbons (Fsp3) is 0.440. The number of aliphatic hydroxyl groups is 3. The number of aliphatic hydroxyl groups excluding tert-OH is 2. The zero-order valence-corrected chi connectivity index (χ0v) is 20.4. The number of hydrogen-bond donors (Lipinski definition) is 5. The number of phenols is 1. The number of amides is 1. The molecule has 4 unspecified atom stereocenters. The molecule has 192 valence electrons. The minimum Gasteiger partial charge on any atom is -0.510 e. The van der Waals surface area contributed by atoms with Crippen LogP contribution in [-0.2, 0) is 20.8 Å². The minimum atomic E-state index is -2.66. The van der Waals surface area contributed by atoms with Crippen molar-refractivity contribution in [2.75, 3.05) is 20.7 Å². The molecule has 36 heavy (non-hydrogen) atoms. The summed E-state index contributed by atoms with van der Waals surface area (Å²) in [5.74, 6) is -6.84. The van der Waals surface area contributed by atoms with Gasteiger partial charge in [-0.15, -0.1) is 0 Å². The number of likely N-dealkylation sites (N-methyl/N-ethyl adjacent to an activating group) is 1. The first kappa shape index (κ1) is 25.4. The molecule has 0 saturated heterocycles. The number of fused-ring (bicyclic) bond motifs is 3. The highest BCUT2D eigenvalue weighted by molar-refractivity contribution is 6.25. The fourth-order valence-electron chi connectivity index (χ4n) is 5.80. The Kier molecular flexibility index (Phi) is 6.17. The molecule has 0 aliphatic heterocycles. The fourth-order valence-corrected chi connectivity index (χ4v) is 5.80. The number of allylic oxidation sites excluding steroid dienone is 1. The number of carbonyl (C=O) groups is 3. The number of primary amides is 1. The zero-order chi connectivity index (χ0) is 26.7. The van der Waals surface area contributed by atoms with Gasteiger partial charge in [-0.3, -0.25) is 19.3 Å². The molecule has 0 bridgehead atoms. The van der Waals surface area contributed by atoms with Crippen molar-refractivity contribution < 1.29 is 39.6 Å². The van der Waals surface area contributed by atoms with Crippen molar-refractivity contribution in [3.63, 3.8) is 0 Å². The Hall–Kier alpha value is -3.70. The Morgan fingerprint density at radius 1 is 1.25 bits per heavy atom. The molecule has 1 amide bonds. The van der Waals surface area contributed by atoms with Gasteiger partial charge >= 0.3 is 0 Å². The van der Waals surface area contributed by atoms with E-state index in [9.17, 15) is 34.8 Å². The average molecular weight is 500 g/mol. The second-order valence-corrected chi connectivity index (χ2v) is 9.54. The van der Waals surface area contributed by atoms with Crippen molar-refractivity contribution >= 4 is 23.2 Å². The first-order valence-corrected chi connectivity index (χ1v) is 11.5. The Morgan fingerprint density at radius 2 is 1.92 bits per heavy atom. The molecule has 11 nitrogen and oxygen atoms in total. The number of oxime groups is 1. The molecule has 0 radical (unpaired) electrons. The van der Waals surface area contributed by atoms with Crippen LogP contribution in [0.5, 0.6) is 5.75 Å². The summed E-state index contributed by atoms with van der Waals surface area (Å²) in [4.78, 5) is 45.6. The molecular weight excluding hydrogens is 470 g/mol. The van der Waals surface area contributed by atoms with E-state index in [2.05, 4.69) is 5.16 Å². The molecule has 1 aromatic rings. The van der Waals surface area contributed by atoms with Crippen LogP contribution in [0, 0.1) is 11.8 Å². The Labute approximate surface area is 207 Å². The van der Waals surface area contributed by atoms with Gasteiger partial charge in [-0.25, -0.2) is 0 Å². The number of aromatic hydroxyl groups is 1. The first-order chi connectivity index (χ1) is 16.9. The molecule has 4 rings (SSSR count). The number of rotatable bonds is 5. The standard InChI is InChI=1S/C25H29N3O8/c1-5-36-27-10(2)12-6-7-15(29)17-13(12)8-11-9-14-19(28(3)4)21(31)18(24(26)34)23(33)25(14,35)22(32)16(11)20(17)30/h6-7,11,14,19,29,31-32,35H,5,8-9H2,1-4H3,(H2,26,34)/b27-10+. The zero-order valence-electron chi connectivity index (χ0n) is 20.4. The topological polar surface area (TPSA) is 183 Å². The molecule has 3 aliphatic carbocycles. The molecule has 0 aromatic heterocycles. The molecule has 1 aromatic carbocycles. The van der Waals surface area contributed by atoms with Crippen molar-refractivity contribution in [2.24, 2.45) is 22.7 Å². The highest BCUT2D eigenvalue weighted by Crippen LogP contribution is 2.52. The molecule has 0 saturated carbocycles. The van der Waals surface area contributed by atoms with Gasteiger partial charge in [0.2, 0.25) is 5.78 Å². The van der Waals surface area contributed by atoms with E-state index in [1.807, 2.05) is 0 Å². The van der Waals surface area contributed by atoms with Crippen LogP contribution in [0.15, 0.2) is 40.0 Å². The van der Waals surface area contributed by atoms with E-state index in [1.54, 1.807) is 34.0 Å². The maximum Gasteiger partial charge on any atom is 0.255 e. The van der Waals surface area contributed by atoms with E-state index >= 15 is 0 Å². The second kappa shape index (κ2) is 8.75. The van der Waals surface area contributed by atoms with Gasteiger partial charge in [-0.2, -0.15) is 0 Å². The van der Waals surface area contributed by atoms with Crippen molar-refractivity contribution in [3.05, 3.63) is 51.5 Å². The summed E-state index contributed by atoms with van der Waals surface area (Å²) in [6, 6.07) is 1.91. The summed E-state index contributed by atoms with van der Waals surface area (Å²) >= 11 is 0. The Morgan fingerprint density at radius 3 is 2.50 bits per heavy atom. The third kappa shape index (κ3) is 3.41. The van der Waals surface area contributed by atoms with Gasteiger partial charge < -0.3 is 31.0 Å². The van der Waals surface area contributed by atoms with Crippen molar-refractivity contribution in [1.82, 2.24) is 4.90 Å². The molecule has 0 fully saturated rings. The minimum absolute atomic E-state index is 0.0164. The van der Waals surface area contributed by atoms with Crippen LogP contribution in [-0.4, -0.2) is 80.9 Å². The van der Waals surface area contributed by atoms with Gasteiger partial charge in [0.05, 0.1) is 17.3 Å². The van der Waals surface area contributed by atoms with Gasteiger partial charge in [-0.05, 0) is 64.4 Å². The summed E-state index contributed by atoms with van der Waals surface area (Å²) in [7, 11) is 3.16. The predicted molar refractivity (Wildman–Crippen MR) is 128 cm³/mol. The van der Waals surface area contributed by atoms with Gasteiger partial charge in [-0.1, -0.05) is 5.16 Å². The third-order valence-corrected chi connectivity index (χ3v) is 7.33. The largest absolute Gasteiger partial charge is 0.510 e. The van der Waals surface area contributed by atoms with Crippen molar-refractivity contribution in [3.8, 4) is 5.75 Å². The lowest BCUT2D eigenvalue weighted by Gasteiger charge is -2.50. The van der Waals surface area contributed by atoms with Crippen LogP contribution >= 0.6 is 0 Å². The quantitative estimate of drug-likeness (QED) is 0.223. The number of nitrogens with zero attached hydrogens (tertiary/aromatic N) is 2. The number of nitrogens with two attached hydrogens (primary N) is 1. The molecule has 0 spiro atoms.